The zero-order chi connectivity index (χ0) is 18.1. The number of carbonyl (C=O) groups excluding carboxylic acids is 2. The summed E-state index contributed by atoms with van der Waals surface area (Å²) in [7, 11) is 1.38. The average molecular weight is 369 g/mol. The fourth-order valence-electron chi connectivity index (χ4n) is 1.97. The highest BCUT2D eigenvalue weighted by molar-refractivity contribution is 7.21. The molecule has 1 aromatic carbocycles. The van der Waals surface area contributed by atoms with E-state index in [1.807, 2.05) is 24.3 Å². The van der Waals surface area contributed by atoms with Gasteiger partial charge in [0.15, 0.2) is 0 Å². The third-order valence-electron chi connectivity index (χ3n) is 3.88. The van der Waals surface area contributed by atoms with Crippen molar-refractivity contribution >= 4 is 50.8 Å². The average Bonchev–Trinajstić information content (AvgIpc) is 2.88. The number of halogens is 1. The summed E-state index contributed by atoms with van der Waals surface area (Å²) in [5.74, 6) is -2.10. The van der Waals surface area contributed by atoms with Gasteiger partial charge in [0.2, 0.25) is 5.91 Å². The number of carbonyl (C=O) groups is 3. The Balaban J connectivity index is 2.08. The molecule has 0 fully saturated rings. The monoisotopic (exact) mass is 368 g/mol. The highest BCUT2D eigenvalue weighted by atomic mass is 35.5. The number of thiophene rings is 1. The third-order valence-corrected chi connectivity index (χ3v) is 5.55. The maximum atomic E-state index is 12.3. The lowest BCUT2D eigenvalue weighted by Crippen LogP contribution is -2.53. The van der Waals surface area contributed by atoms with Crippen LogP contribution in [0.3, 0.4) is 0 Å². The summed E-state index contributed by atoms with van der Waals surface area (Å²) < 4.78 is 0.878. The minimum Gasteiger partial charge on any atom is -0.480 e. The van der Waals surface area contributed by atoms with Gasteiger partial charge in [-0.3, -0.25) is 9.59 Å². The van der Waals surface area contributed by atoms with Crippen molar-refractivity contribution in [1.29, 1.82) is 0 Å². The maximum absolute atomic E-state index is 12.3. The Morgan fingerprint density at radius 2 is 1.92 bits per heavy atom. The number of hydrogen-bond donors (Lipinski definition) is 2. The molecule has 2 rings (SSSR count). The molecule has 0 atom stereocenters. The first-order valence-corrected chi connectivity index (χ1v) is 8.31. The lowest BCUT2D eigenvalue weighted by atomic mass is 10.0. The van der Waals surface area contributed by atoms with Gasteiger partial charge in [0.1, 0.15) is 10.4 Å². The van der Waals surface area contributed by atoms with E-state index in [0.717, 1.165) is 15.0 Å². The van der Waals surface area contributed by atoms with Crippen molar-refractivity contribution in [2.45, 2.75) is 19.4 Å². The van der Waals surface area contributed by atoms with E-state index >= 15 is 0 Å². The standard InChI is InChI=1S/C16H17ClN2O4S/c1-16(2,15(22)23)19(3)11(20)8-18-14(21)13-12(17)9-6-4-5-7-10(9)24-13/h4-7H,8H2,1-3H3,(H,18,21)(H,22,23). The van der Waals surface area contributed by atoms with E-state index in [-0.39, 0.29) is 6.54 Å². The van der Waals surface area contributed by atoms with Gasteiger partial charge in [0.25, 0.3) is 5.91 Å². The molecule has 0 saturated heterocycles. The van der Waals surface area contributed by atoms with Gasteiger partial charge in [-0.2, -0.15) is 0 Å². The first-order chi connectivity index (χ1) is 11.2. The van der Waals surface area contributed by atoms with Gasteiger partial charge < -0.3 is 15.3 Å². The number of fused-ring (bicyclic) bond motifs is 1. The molecule has 0 aliphatic heterocycles. The summed E-state index contributed by atoms with van der Waals surface area (Å²) in [6.45, 7) is 2.52. The van der Waals surface area contributed by atoms with Crippen LogP contribution in [0.15, 0.2) is 24.3 Å². The molecule has 0 aliphatic rings. The van der Waals surface area contributed by atoms with E-state index in [9.17, 15) is 14.4 Å². The van der Waals surface area contributed by atoms with E-state index < -0.39 is 23.3 Å². The predicted molar refractivity (Wildman–Crippen MR) is 93.7 cm³/mol. The largest absolute Gasteiger partial charge is 0.480 e. The number of rotatable bonds is 5. The second-order valence-corrected chi connectivity index (χ2v) is 7.17. The third kappa shape index (κ3) is 3.37. The Morgan fingerprint density at radius 3 is 2.50 bits per heavy atom. The van der Waals surface area contributed by atoms with Crippen molar-refractivity contribution in [1.82, 2.24) is 10.2 Å². The molecular weight excluding hydrogens is 352 g/mol. The number of nitrogens with one attached hydrogen (secondary N) is 1. The summed E-state index contributed by atoms with van der Waals surface area (Å²) in [5.41, 5.74) is -1.36. The Kier molecular flexibility index (Phi) is 5.15. The Labute approximate surface area is 148 Å². The van der Waals surface area contributed by atoms with Gasteiger partial charge >= 0.3 is 5.97 Å². The van der Waals surface area contributed by atoms with Gasteiger partial charge in [-0.05, 0) is 19.9 Å². The second-order valence-electron chi connectivity index (χ2n) is 5.74. The Bertz CT molecular complexity index is 816. The second kappa shape index (κ2) is 6.78. The molecule has 24 heavy (non-hydrogen) atoms. The first kappa shape index (κ1) is 18.2. The zero-order valence-electron chi connectivity index (χ0n) is 13.4. The minimum absolute atomic E-state index is 0.309. The van der Waals surface area contributed by atoms with Crippen LogP contribution in [0.1, 0.15) is 23.5 Å². The number of hydrogen-bond acceptors (Lipinski definition) is 4. The molecule has 1 heterocycles. The fourth-order valence-corrected chi connectivity index (χ4v) is 3.40. The molecule has 1 aromatic heterocycles. The molecule has 2 aromatic rings. The highest BCUT2D eigenvalue weighted by Gasteiger charge is 2.35. The summed E-state index contributed by atoms with van der Waals surface area (Å²) >= 11 is 7.46. The van der Waals surface area contributed by atoms with Crippen LogP contribution in [0.5, 0.6) is 0 Å². The van der Waals surface area contributed by atoms with Crippen molar-refractivity contribution in [3.63, 3.8) is 0 Å². The van der Waals surface area contributed by atoms with E-state index in [1.165, 1.54) is 32.2 Å². The molecule has 0 spiro atoms. The number of aliphatic carboxylic acids is 1. The molecule has 128 valence electrons. The lowest BCUT2D eigenvalue weighted by molar-refractivity contribution is -0.154. The van der Waals surface area contributed by atoms with Crippen molar-refractivity contribution in [3.05, 3.63) is 34.2 Å². The predicted octanol–water partition coefficient (Wildman–Crippen LogP) is 2.61. The number of likely N-dealkylation sites (N-methyl/N-ethyl adjacent to an activating group) is 1. The molecule has 0 bridgehead atoms. The molecule has 8 heteroatoms. The molecule has 0 saturated carbocycles. The first-order valence-electron chi connectivity index (χ1n) is 7.11. The molecule has 0 unspecified atom stereocenters. The van der Waals surface area contributed by atoms with E-state index in [4.69, 9.17) is 16.7 Å². The van der Waals surface area contributed by atoms with Crippen LogP contribution in [-0.2, 0) is 9.59 Å². The number of benzene rings is 1. The summed E-state index contributed by atoms with van der Waals surface area (Å²) in [6.07, 6.45) is 0. The van der Waals surface area contributed by atoms with Crippen LogP contribution < -0.4 is 5.32 Å². The van der Waals surface area contributed by atoms with Crippen molar-refractivity contribution in [2.75, 3.05) is 13.6 Å². The summed E-state index contributed by atoms with van der Waals surface area (Å²) in [6, 6.07) is 7.36. The number of carboxylic acid groups (broad SMARTS) is 1. The van der Waals surface area contributed by atoms with Crippen LogP contribution in [0.25, 0.3) is 10.1 Å². The zero-order valence-corrected chi connectivity index (χ0v) is 15.0. The normalized spacial score (nSPS) is 11.3. The van der Waals surface area contributed by atoms with Crippen molar-refractivity contribution in [3.8, 4) is 0 Å². The van der Waals surface area contributed by atoms with Gasteiger partial charge in [-0.1, -0.05) is 29.8 Å². The molecule has 0 aliphatic carbocycles. The number of nitrogens with zero attached hydrogens (tertiary/aromatic N) is 1. The minimum atomic E-state index is -1.36. The molecule has 0 radical (unpaired) electrons. The smallest absolute Gasteiger partial charge is 0.329 e. The highest BCUT2D eigenvalue weighted by Crippen LogP contribution is 2.34. The molecular formula is C16H17ClN2O4S. The fraction of sp³-hybridized carbons (Fsp3) is 0.312. The topological polar surface area (TPSA) is 86.7 Å². The van der Waals surface area contributed by atoms with E-state index in [2.05, 4.69) is 5.32 Å². The van der Waals surface area contributed by atoms with Crippen LogP contribution in [0.2, 0.25) is 5.02 Å². The molecule has 2 amide bonds. The summed E-state index contributed by atoms with van der Waals surface area (Å²) in [4.78, 5) is 37.0. The summed E-state index contributed by atoms with van der Waals surface area (Å²) in [5, 5.41) is 12.8. The van der Waals surface area contributed by atoms with Crippen LogP contribution >= 0.6 is 22.9 Å². The van der Waals surface area contributed by atoms with E-state index in [0.29, 0.717) is 9.90 Å². The Morgan fingerprint density at radius 1 is 1.29 bits per heavy atom. The van der Waals surface area contributed by atoms with Crippen LogP contribution in [0.4, 0.5) is 0 Å². The molecule has 2 N–H and O–H groups in total. The van der Waals surface area contributed by atoms with Crippen molar-refractivity contribution in [2.24, 2.45) is 0 Å². The van der Waals surface area contributed by atoms with Crippen LogP contribution in [0, 0.1) is 0 Å². The van der Waals surface area contributed by atoms with Gasteiger partial charge in [0, 0.05) is 17.1 Å². The Hall–Kier alpha value is -2.12. The number of carboxylic acids is 1. The van der Waals surface area contributed by atoms with Crippen molar-refractivity contribution < 1.29 is 19.5 Å². The van der Waals surface area contributed by atoms with Gasteiger partial charge in [-0.25, -0.2) is 4.79 Å². The van der Waals surface area contributed by atoms with Gasteiger partial charge in [0.05, 0.1) is 11.6 Å². The quantitative estimate of drug-likeness (QED) is 0.849. The lowest BCUT2D eigenvalue weighted by Gasteiger charge is -2.31. The maximum Gasteiger partial charge on any atom is 0.329 e. The number of amides is 2. The van der Waals surface area contributed by atoms with E-state index in [1.54, 1.807) is 0 Å². The SMILES string of the molecule is CN(C(=O)CNC(=O)c1sc2ccccc2c1Cl)C(C)(C)C(=O)O. The van der Waals surface area contributed by atoms with Gasteiger partial charge in [-0.15, -0.1) is 11.3 Å². The molecule has 6 nitrogen and oxygen atoms in total. The van der Waals surface area contributed by atoms with Crippen LogP contribution in [-0.4, -0.2) is 46.9 Å².